The molecule has 0 aromatic heterocycles. The fourth-order valence-electron chi connectivity index (χ4n) is 2.24. The van der Waals surface area contributed by atoms with Gasteiger partial charge in [0.15, 0.2) is 5.78 Å². The lowest BCUT2D eigenvalue weighted by molar-refractivity contribution is 0.0993. The van der Waals surface area contributed by atoms with Crippen molar-refractivity contribution < 1.29 is 4.79 Å². The second kappa shape index (κ2) is 12.9. The Morgan fingerprint density at radius 3 is 2.00 bits per heavy atom. The largest absolute Gasteiger partial charge is 0.380 e. The number of anilines is 1. The molecule has 0 unspecified atom stereocenters. The maximum Gasteiger partial charge on any atom is 0.169 e. The van der Waals surface area contributed by atoms with Gasteiger partial charge in [0.1, 0.15) is 0 Å². The molecular formula is C20H28BrNO. The number of fused-ring (bicyclic) bond motifs is 2. The third-order valence-corrected chi connectivity index (χ3v) is 3.17. The molecule has 0 aliphatic carbocycles. The van der Waals surface area contributed by atoms with Crippen LogP contribution in [-0.4, -0.2) is 11.6 Å². The Morgan fingerprint density at radius 2 is 1.35 bits per heavy atom. The molecule has 1 aliphatic heterocycles. The van der Waals surface area contributed by atoms with Crippen LogP contribution >= 0.6 is 15.9 Å². The number of Topliss-reactive ketones (excluding diaryl/α,β-unsaturated/α-hetero) is 1. The molecule has 0 saturated heterocycles. The summed E-state index contributed by atoms with van der Waals surface area (Å²) in [6.07, 6.45) is 0.495. The van der Waals surface area contributed by atoms with Gasteiger partial charge < -0.3 is 5.32 Å². The second-order valence-electron chi connectivity index (χ2n) is 4.27. The molecule has 3 heteroatoms. The van der Waals surface area contributed by atoms with Gasteiger partial charge in [0, 0.05) is 24.2 Å². The van der Waals surface area contributed by atoms with E-state index in [-0.39, 0.29) is 5.78 Å². The number of hydrogen-bond acceptors (Lipinski definition) is 2. The van der Waals surface area contributed by atoms with Crippen molar-refractivity contribution in [3.8, 4) is 0 Å². The van der Waals surface area contributed by atoms with Crippen LogP contribution in [0.1, 0.15) is 49.2 Å². The maximum atomic E-state index is 12.2. The predicted molar refractivity (Wildman–Crippen MR) is 106 cm³/mol. The molecular weight excluding hydrogens is 350 g/mol. The van der Waals surface area contributed by atoms with E-state index in [0.717, 1.165) is 23.4 Å². The van der Waals surface area contributed by atoms with Gasteiger partial charge in [-0.3, -0.25) is 4.79 Å². The third kappa shape index (κ3) is 6.19. The number of carbonyl (C=O) groups is 1. The van der Waals surface area contributed by atoms with Crippen molar-refractivity contribution in [1.29, 1.82) is 0 Å². The Kier molecular flexibility index (Phi) is 12.0. The van der Waals surface area contributed by atoms with E-state index in [9.17, 15) is 4.79 Å². The number of nitrogens with one attached hydrogen (secondary N) is 1. The summed E-state index contributed by atoms with van der Waals surface area (Å²) in [6.45, 7) is 8.78. The van der Waals surface area contributed by atoms with Gasteiger partial charge in [-0.2, -0.15) is 0 Å². The number of benzene rings is 2. The van der Waals surface area contributed by atoms with Crippen LogP contribution in [0.3, 0.4) is 0 Å². The van der Waals surface area contributed by atoms with Crippen molar-refractivity contribution in [3.05, 3.63) is 65.2 Å². The lowest BCUT2D eigenvalue weighted by Crippen LogP contribution is -2.14. The summed E-state index contributed by atoms with van der Waals surface area (Å²) >= 11 is 2.94. The van der Waals surface area contributed by atoms with E-state index in [1.165, 1.54) is 5.56 Å². The van der Waals surface area contributed by atoms with E-state index >= 15 is 0 Å². The normalized spacial score (nSPS) is 11.1. The molecule has 1 heterocycles. The minimum atomic E-state index is 0.181. The minimum absolute atomic E-state index is 0.181. The number of carbonyl (C=O) groups excluding carboxylic acids is 1. The number of hydrogen-bond donors (Lipinski definition) is 1. The Balaban J connectivity index is 0.000000728. The standard InChI is InChI=1S/C15H13NO.2C2H6.CH3Br/c17-15-9-11-5-1-2-6-12(11)10-16-14-8-4-3-7-13(14)15;3*1-2/h1-8,16H,9-10H2;2*1-2H3;1H3. The van der Waals surface area contributed by atoms with Crippen LogP contribution in [0.2, 0.25) is 0 Å². The highest BCUT2D eigenvalue weighted by molar-refractivity contribution is 9.08. The van der Waals surface area contributed by atoms with Crippen LogP contribution in [0.4, 0.5) is 5.69 Å². The van der Waals surface area contributed by atoms with E-state index in [1.54, 1.807) is 0 Å². The second-order valence-corrected chi connectivity index (χ2v) is 4.27. The summed E-state index contributed by atoms with van der Waals surface area (Å²) in [4.78, 5) is 12.2. The molecule has 0 atom stereocenters. The number of ketones is 1. The van der Waals surface area contributed by atoms with E-state index in [0.29, 0.717) is 6.42 Å². The van der Waals surface area contributed by atoms with Crippen molar-refractivity contribution in [2.75, 3.05) is 11.1 Å². The summed E-state index contributed by atoms with van der Waals surface area (Å²) in [5.74, 6) is 1.99. The first-order valence-corrected chi connectivity index (χ1v) is 9.74. The van der Waals surface area contributed by atoms with Gasteiger partial charge in [-0.15, -0.1) is 0 Å². The van der Waals surface area contributed by atoms with Crippen molar-refractivity contribution >= 4 is 27.4 Å². The smallest absolute Gasteiger partial charge is 0.169 e. The van der Waals surface area contributed by atoms with Crippen LogP contribution in [-0.2, 0) is 13.0 Å². The molecule has 2 aromatic carbocycles. The average Bonchev–Trinajstić information content (AvgIpc) is 2.65. The van der Waals surface area contributed by atoms with E-state index < -0.39 is 0 Å². The molecule has 2 nitrogen and oxygen atoms in total. The molecule has 126 valence electrons. The molecule has 1 N–H and O–H groups in total. The minimum Gasteiger partial charge on any atom is -0.380 e. The van der Waals surface area contributed by atoms with Gasteiger partial charge in [0.2, 0.25) is 0 Å². The zero-order valence-corrected chi connectivity index (χ0v) is 16.4. The lowest BCUT2D eigenvalue weighted by atomic mass is 9.95. The highest BCUT2D eigenvalue weighted by Gasteiger charge is 2.16. The first-order chi connectivity index (χ1) is 11.3. The molecule has 0 amide bonds. The van der Waals surface area contributed by atoms with Crippen LogP contribution < -0.4 is 5.32 Å². The summed E-state index contributed by atoms with van der Waals surface area (Å²) in [7, 11) is 0. The fourth-order valence-corrected chi connectivity index (χ4v) is 2.24. The predicted octanol–water partition coefficient (Wildman–Crippen LogP) is 6.10. The van der Waals surface area contributed by atoms with Crippen molar-refractivity contribution in [2.45, 2.75) is 40.7 Å². The first kappa shape index (κ1) is 21.4. The van der Waals surface area contributed by atoms with Gasteiger partial charge in [-0.1, -0.05) is 80.0 Å². The van der Waals surface area contributed by atoms with E-state index in [4.69, 9.17) is 0 Å². The zero-order chi connectivity index (χ0) is 17.7. The summed E-state index contributed by atoms with van der Waals surface area (Å²) in [5, 5.41) is 3.33. The number of rotatable bonds is 0. The molecule has 0 saturated carbocycles. The fraction of sp³-hybridized carbons (Fsp3) is 0.350. The molecule has 0 bridgehead atoms. The molecule has 23 heavy (non-hydrogen) atoms. The SMILES string of the molecule is CBr.CC.CC.O=C1Cc2ccccc2CNc2ccccc21. The molecule has 0 fully saturated rings. The Bertz CT molecular complexity index is 581. The van der Waals surface area contributed by atoms with Crippen molar-refractivity contribution in [1.82, 2.24) is 0 Å². The van der Waals surface area contributed by atoms with Crippen molar-refractivity contribution in [2.24, 2.45) is 0 Å². The highest BCUT2D eigenvalue weighted by atomic mass is 79.9. The van der Waals surface area contributed by atoms with Crippen LogP contribution in [0.15, 0.2) is 48.5 Å². The quantitative estimate of drug-likeness (QED) is 0.561. The molecule has 1 aliphatic rings. The van der Waals surface area contributed by atoms with Gasteiger partial charge in [0.25, 0.3) is 0 Å². The Hall–Kier alpha value is -1.61. The number of alkyl halides is 1. The van der Waals surface area contributed by atoms with Gasteiger partial charge in [0.05, 0.1) is 0 Å². The maximum absolute atomic E-state index is 12.2. The molecule has 2 aromatic rings. The summed E-state index contributed by atoms with van der Waals surface area (Å²) in [6, 6.07) is 15.8. The Morgan fingerprint density at radius 1 is 0.826 bits per heavy atom. The Labute approximate surface area is 149 Å². The summed E-state index contributed by atoms with van der Waals surface area (Å²) < 4.78 is 0. The molecule has 0 spiro atoms. The summed E-state index contributed by atoms with van der Waals surface area (Å²) in [5.41, 5.74) is 4.06. The van der Waals surface area contributed by atoms with Gasteiger partial charge in [-0.25, -0.2) is 0 Å². The van der Waals surface area contributed by atoms with Gasteiger partial charge >= 0.3 is 0 Å². The number of para-hydroxylation sites is 1. The third-order valence-electron chi connectivity index (χ3n) is 3.17. The van der Waals surface area contributed by atoms with Crippen LogP contribution in [0.5, 0.6) is 0 Å². The molecule has 0 radical (unpaired) electrons. The number of halogens is 1. The lowest BCUT2D eigenvalue weighted by Gasteiger charge is -2.17. The first-order valence-electron chi connectivity index (χ1n) is 8.15. The topological polar surface area (TPSA) is 29.1 Å². The van der Waals surface area contributed by atoms with Gasteiger partial charge in [-0.05, 0) is 29.1 Å². The zero-order valence-electron chi connectivity index (χ0n) is 14.8. The van der Waals surface area contributed by atoms with Crippen molar-refractivity contribution in [3.63, 3.8) is 0 Å². The van der Waals surface area contributed by atoms with Crippen LogP contribution in [0, 0.1) is 0 Å². The molecule has 3 rings (SSSR count). The van der Waals surface area contributed by atoms with E-state index in [2.05, 4.69) is 27.3 Å². The average molecular weight is 378 g/mol. The monoisotopic (exact) mass is 377 g/mol. The van der Waals surface area contributed by atoms with Crippen LogP contribution in [0.25, 0.3) is 0 Å². The van der Waals surface area contributed by atoms with E-state index in [1.807, 2.05) is 76.0 Å². The highest BCUT2D eigenvalue weighted by Crippen LogP contribution is 2.23.